The molecule has 0 amide bonds. The molecule has 2 unspecified atom stereocenters. The number of carbonyl (C=O) groups is 4. The van der Waals surface area contributed by atoms with Gasteiger partial charge in [-0.15, -0.1) is 0 Å². The van der Waals surface area contributed by atoms with Crippen molar-refractivity contribution in [3.05, 3.63) is 138 Å². The zero-order valence-electron chi connectivity index (χ0n) is 23.1. The number of fused-ring (bicyclic) bond motifs is 2. The molecular weight excluding hydrogens is 678 g/mol. The van der Waals surface area contributed by atoms with Gasteiger partial charge >= 0.3 is 17.9 Å². The maximum absolute atomic E-state index is 13.4. The van der Waals surface area contributed by atoms with Crippen LogP contribution in [0.15, 0.2) is 84.6 Å². The first-order chi connectivity index (χ1) is 21.9. The number of ether oxygens (including phenoxy) is 1. The molecule has 12 heteroatoms. The highest BCUT2D eigenvalue weighted by Gasteiger charge is 2.42. The predicted octanol–water partition coefficient (Wildman–Crippen LogP) is 8.75. The zero-order chi connectivity index (χ0) is 33.0. The van der Waals surface area contributed by atoms with E-state index in [0.29, 0.717) is 28.0 Å². The lowest BCUT2D eigenvalue weighted by Crippen LogP contribution is -2.29. The van der Waals surface area contributed by atoms with E-state index in [-0.39, 0.29) is 53.7 Å². The minimum absolute atomic E-state index is 0.0314. The van der Waals surface area contributed by atoms with Crippen LogP contribution in [0.1, 0.15) is 53.7 Å². The number of allylic oxidation sites excluding steroid dienone is 3. The van der Waals surface area contributed by atoms with E-state index in [1.54, 1.807) is 36.4 Å². The van der Waals surface area contributed by atoms with Gasteiger partial charge in [-0.2, -0.15) is 0 Å². The average molecular weight is 696 g/mol. The third kappa shape index (κ3) is 5.33. The van der Waals surface area contributed by atoms with Gasteiger partial charge in [-0.05, 0) is 58.7 Å². The first-order valence-corrected chi connectivity index (χ1v) is 14.9. The van der Waals surface area contributed by atoms with Crippen molar-refractivity contribution in [1.82, 2.24) is 0 Å². The number of hydrogen-bond acceptors (Lipinski definition) is 5. The Kier molecular flexibility index (Phi) is 8.16. The van der Waals surface area contributed by atoms with Crippen molar-refractivity contribution < 1.29 is 39.2 Å². The molecule has 1 heterocycles. The van der Waals surface area contributed by atoms with E-state index in [1.807, 2.05) is 0 Å². The molecule has 2 atom stereocenters. The number of carboxylic acid groups (broad SMARTS) is 3. The van der Waals surface area contributed by atoms with Crippen molar-refractivity contribution in [3.63, 3.8) is 0 Å². The second-order valence-corrected chi connectivity index (χ2v) is 12.0. The van der Waals surface area contributed by atoms with Gasteiger partial charge in [0.25, 0.3) is 0 Å². The molecule has 1 aliphatic carbocycles. The summed E-state index contributed by atoms with van der Waals surface area (Å²) in [6.45, 7) is 0. The van der Waals surface area contributed by atoms with Gasteiger partial charge in [0, 0.05) is 29.0 Å². The van der Waals surface area contributed by atoms with Gasteiger partial charge in [-0.25, -0.2) is 14.4 Å². The summed E-state index contributed by atoms with van der Waals surface area (Å²) in [6.07, 6.45) is 2.92. The highest BCUT2D eigenvalue weighted by atomic mass is 35.5. The molecule has 0 saturated heterocycles. The van der Waals surface area contributed by atoms with Crippen LogP contribution in [-0.4, -0.2) is 39.0 Å². The van der Waals surface area contributed by atoms with Crippen LogP contribution < -0.4 is 4.74 Å². The molecule has 0 bridgehead atoms. The van der Waals surface area contributed by atoms with Crippen LogP contribution in [-0.2, 0) is 4.79 Å². The number of halogens is 4. The Morgan fingerprint density at radius 3 is 1.76 bits per heavy atom. The third-order valence-corrected chi connectivity index (χ3v) is 9.70. The standard InChI is InChI=1S/C34H18Cl4O8/c35-28-26(27(34(44)45)29(36)31(38)30(28)37)25-20-11-18(14-1-5-16(6-2-14)32(40)41)9-10-23(20)46-24-13-22(39)19(12-21(24)25)15-3-7-17(8-4-15)33(42)43/h1-13,21,25H,(H,40,41)(H,42,43)(H,44,45). The number of aromatic carboxylic acids is 3. The van der Waals surface area contributed by atoms with Gasteiger partial charge in [0.05, 0.1) is 36.8 Å². The molecule has 2 aliphatic rings. The summed E-state index contributed by atoms with van der Waals surface area (Å²) in [5, 5.41) is 28.1. The minimum Gasteiger partial charge on any atom is -0.478 e. The number of benzene rings is 4. The number of rotatable bonds is 6. The zero-order valence-corrected chi connectivity index (χ0v) is 26.1. The summed E-state index contributed by atoms with van der Waals surface area (Å²) in [5.41, 5.74) is 2.24. The molecule has 230 valence electrons. The molecule has 8 nitrogen and oxygen atoms in total. The normalized spacial score (nSPS) is 16.8. The van der Waals surface area contributed by atoms with E-state index in [1.165, 1.54) is 42.5 Å². The van der Waals surface area contributed by atoms with Crippen molar-refractivity contribution in [2.75, 3.05) is 0 Å². The van der Waals surface area contributed by atoms with Crippen LogP contribution in [0.2, 0.25) is 20.1 Å². The molecule has 4 aromatic rings. The van der Waals surface area contributed by atoms with E-state index in [2.05, 4.69) is 0 Å². The Hall–Kier alpha value is -4.60. The summed E-state index contributed by atoms with van der Waals surface area (Å²) in [7, 11) is 0. The van der Waals surface area contributed by atoms with Gasteiger partial charge in [-0.1, -0.05) is 82.8 Å². The van der Waals surface area contributed by atoms with Gasteiger partial charge in [-0.3, -0.25) is 4.79 Å². The Bertz CT molecular complexity index is 2060. The molecule has 0 fully saturated rings. The Balaban J connectivity index is 1.61. The first-order valence-electron chi connectivity index (χ1n) is 13.4. The molecule has 0 saturated carbocycles. The van der Waals surface area contributed by atoms with Crippen molar-refractivity contribution in [3.8, 4) is 16.9 Å². The van der Waals surface area contributed by atoms with Crippen LogP contribution >= 0.6 is 46.4 Å². The van der Waals surface area contributed by atoms with Crippen molar-refractivity contribution >= 4 is 75.7 Å². The maximum atomic E-state index is 13.4. The summed E-state index contributed by atoms with van der Waals surface area (Å²) in [6, 6.07) is 17.1. The average Bonchev–Trinajstić information content (AvgIpc) is 3.04. The summed E-state index contributed by atoms with van der Waals surface area (Å²) >= 11 is 26.0. The fraction of sp³-hybridized carbons (Fsp3) is 0.0588. The van der Waals surface area contributed by atoms with E-state index in [0.717, 1.165) is 0 Å². The van der Waals surface area contributed by atoms with E-state index in [4.69, 9.17) is 51.1 Å². The fourth-order valence-corrected chi connectivity index (χ4v) is 6.78. The smallest absolute Gasteiger partial charge is 0.337 e. The summed E-state index contributed by atoms with van der Waals surface area (Å²) in [4.78, 5) is 48.9. The predicted molar refractivity (Wildman–Crippen MR) is 173 cm³/mol. The molecule has 6 rings (SSSR count). The molecular formula is C34H18Cl4O8. The van der Waals surface area contributed by atoms with Crippen LogP contribution in [0.4, 0.5) is 0 Å². The first kappa shape index (κ1) is 31.4. The second kappa shape index (κ2) is 12.0. The SMILES string of the molecule is O=C1C=C2Oc3ccc(-c4ccc(C(=O)O)cc4)cc3C(c3c(Cl)c(Cl)c(Cl)c(Cl)c3C(=O)O)C2C=C1c1ccc(C(=O)O)cc1. The maximum Gasteiger partial charge on any atom is 0.337 e. The Morgan fingerprint density at radius 2 is 1.20 bits per heavy atom. The van der Waals surface area contributed by atoms with Gasteiger partial charge in [0.1, 0.15) is 11.5 Å². The summed E-state index contributed by atoms with van der Waals surface area (Å²) in [5.74, 6) is -5.26. The second-order valence-electron chi connectivity index (χ2n) is 10.5. The lowest BCUT2D eigenvalue weighted by Gasteiger charge is -2.37. The molecule has 4 aromatic carbocycles. The molecule has 1 aliphatic heterocycles. The minimum atomic E-state index is -1.42. The largest absolute Gasteiger partial charge is 0.478 e. The molecule has 0 spiro atoms. The van der Waals surface area contributed by atoms with Crippen molar-refractivity contribution in [2.45, 2.75) is 5.92 Å². The van der Waals surface area contributed by atoms with Crippen molar-refractivity contribution in [1.29, 1.82) is 0 Å². The summed E-state index contributed by atoms with van der Waals surface area (Å²) < 4.78 is 6.22. The molecule has 46 heavy (non-hydrogen) atoms. The highest BCUT2D eigenvalue weighted by molar-refractivity contribution is 6.53. The van der Waals surface area contributed by atoms with Gasteiger partial charge in [0.2, 0.25) is 0 Å². The van der Waals surface area contributed by atoms with Crippen LogP contribution in [0, 0.1) is 5.92 Å². The Morgan fingerprint density at radius 1 is 0.652 bits per heavy atom. The fourth-order valence-electron chi connectivity index (χ4n) is 5.71. The highest BCUT2D eigenvalue weighted by Crippen LogP contribution is 2.54. The molecule has 3 N–H and O–H groups in total. The third-order valence-electron chi connectivity index (χ3n) is 7.88. The molecule has 0 radical (unpaired) electrons. The lowest BCUT2D eigenvalue weighted by molar-refractivity contribution is -0.110. The number of hydrogen-bond donors (Lipinski definition) is 3. The number of ketones is 1. The number of carbonyl (C=O) groups excluding carboxylic acids is 1. The van der Waals surface area contributed by atoms with Crippen LogP contribution in [0.3, 0.4) is 0 Å². The molecule has 0 aromatic heterocycles. The van der Waals surface area contributed by atoms with E-state index in [9.17, 15) is 34.5 Å². The lowest BCUT2D eigenvalue weighted by atomic mass is 9.72. The van der Waals surface area contributed by atoms with Gasteiger partial charge < -0.3 is 20.1 Å². The van der Waals surface area contributed by atoms with Crippen molar-refractivity contribution in [2.24, 2.45) is 5.92 Å². The topological polar surface area (TPSA) is 138 Å². The van der Waals surface area contributed by atoms with E-state index < -0.39 is 35.5 Å². The number of carboxylic acids is 3. The van der Waals surface area contributed by atoms with Crippen LogP contribution in [0.25, 0.3) is 16.7 Å². The quantitative estimate of drug-likeness (QED) is 0.134. The monoisotopic (exact) mass is 694 g/mol. The van der Waals surface area contributed by atoms with E-state index >= 15 is 0 Å². The van der Waals surface area contributed by atoms with Gasteiger partial charge in [0.15, 0.2) is 5.78 Å². The van der Waals surface area contributed by atoms with Crippen LogP contribution in [0.5, 0.6) is 5.75 Å². The Labute approximate surface area is 280 Å².